The first-order valence-electron chi connectivity index (χ1n) is 7.87. The summed E-state index contributed by atoms with van der Waals surface area (Å²) in [5.41, 5.74) is 5.52. The van der Waals surface area contributed by atoms with Crippen molar-refractivity contribution in [3.63, 3.8) is 0 Å². The number of anilines is 2. The van der Waals surface area contributed by atoms with E-state index < -0.39 is 0 Å². The van der Waals surface area contributed by atoms with Gasteiger partial charge in [-0.25, -0.2) is 0 Å². The van der Waals surface area contributed by atoms with E-state index in [-0.39, 0.29) is 5.91 Å². The molecule has 0 saturated carbocycles. The lowest BCUT2D eigenvalue weighted by Gasteiger charge is -2.18. The van der Waals surface area contributed by atoms with Crippen molar-refractivity contribution in [2.24, 2.45) is 0 Å². The van der Waals surface area contributed by atoms with Crippen molar-refractivity contribution in [3.05, 3.63) is 59.2 Å². The van der Waals surface area contributed by atoms with Crippen LogP contribution in [0.25, 0.3) is 11.3 Å². The van der Waals surface area contributed by atoms with Crippen LogP contribution in [0.15, 0.2) is 42.5 Å². The number of nitrogens with zero attached hydrogens (tertiary/aromatic N) is 1. The third-order valence-corrected chi connectivity index (χ3v) is 4.63. The molecule has 1 amide bonds. The summed E-state index contributed by atoms with van der Waals surface area (Å²) in [6, 6.07) is 13.9. The first-order valence-corrected chi connectivity index (χ1v) is 8.40. The molecule has 0 bridgehead atoms. The van der Waals surface area contributed by atoms with Crippen LogP contribution in [0.1, 0.15) is 16.7 Å². The number of fused-ring (bicyclic) bond motifs is 2. The second-order valence-corrected chi connectivity index (χ2v) is 6.32. The third-order valence-electron chi connectivity index (χ3n) is 4.46. The highest BCUT2D eigenvalue weighted by Gasteiger charge is 2.32. The molecule has 4 nitrogen and oxygen atoms in total. The Kier molecular flexibility index (Phi) is 3.69. The van der Waals surface area contributed by atoms with Crippen LogP contribution in [0.3, 0.4) is 0 Å². The molecule has 0 radical (unpaired) electrons. The number of alkyl halides is 1. The largest absolute Gasteiger partial charge is 0.487 e. The molecule has 0 atom stereocenters. The summed E-state index contributed by atoms with van der Waals surface area (Å²) < 4.78 is 5.90. The van der Waals surface area contributed by atoms with Gasteiger partial charge < -0.3 is 15.0 Å². The maximum absolute atomic E-state index is 12.4. The van der Waals surface area contributed by atoms with Crippen molar-refractivity contribution < 1.29 is 9.53 Å². The molecular weight excluding hydrogens is 324 g/mol. The Balaban J connectivity index is 1.78. The van der Waals surface area contributed by atoms with E-state index >= 15 is 0 Å². The minimum Gasteiger partial charge on any atom is -0.487 e. The number of ether oxygens (including phenoxy) is 1. The van der Waals surface area contributed by atoms with Crippen molar-refractivity contribution in [1.82, 2.24) is 0 Å². The SMILES string of the molecule is CN(CCCl)c1ccc2c(c1)CO/C2=C1/C(=O)Nc2ccccc21. The summed E-state index contributed by atoms with van der Waals surface area (Å²) in [5, 5.41) is 2.90. The predicted molar refractivity (Wildman–Crippen MR) is 97.1 cm³/mol. The Labute approximate surface area is 145 Å². The first kappa shape index (κ1) is 15.1. The molecule has 0 saturated heterocycles. The van der Waals surface area contributed by atoms with Crippen molar-refractivity contribution in [2.75, 3.05) is 29.7 Å². The van der Waals surface area contributed by atoms with E-state index in [1.165, 1.54) is 0 Å². The van der Waals surface area contributed by atoms with Gasteiger partial charge in [0.2, 0.25) is 0 Å². The van der Waals surface area contributed by atoms with Crippen molar-refractivity contribution >= 4 is 40.2 Å². The van der Waals surface area contributed by atoms with E-state index in [9.17, 15) is 4.79 Å². The Morgan fingerprint density at radius 1 is 1.21 bits per heavy atom. The summed E-state index contributed by atoms with van der Waals surface area (Å²) in [7, 11) is 2.01. The number of para-hydroxylation sites is 1. The van der Waals surface area contributed by atoms with E-state index in [4.69, 9.17) is 16.3 Å². The van der Waals surface area contributed by atoms with Crippen LogP contribution in [0, 0.1) is 0 Å². The second-order valence-electron chi connectivity index (χ2n) is 5.94. The maximum atomic E-state index is 12.4. The summed E-state index contributed by atoms with van der Waals surface area (Å²) >= 11 is 5.82. The zero-order valence-electron chi connectivity index (χ0n) is 13.3. The Morgan fingerprint density at radius 3 is 2.88 bits per heavy atom. The molecule has 0 aromatic heterocycles. The second kappa shape index (κ2) is 5.87. The molecule has 0 fully saturated rings. The number of hydrogen-bond acceptors (Lipinski definition) is 3. The van der Waals surface area contributed by atoms with Crippen LogP contribution in [0.5, 0.6) is 0 Å². The number of amides is 1. The number of hydrogen-bond donors (Lipinski definition) is 1. The molecule has 0 unspecified atom stereocenters. The maximum Gasteiger partial charge on any atom is 0.260 e. The fraction of sp³-hybridized carbons (Fsp3) is 0.211. The van der Waals surface area contributed by atoms with Gasteiger partial charge in [0.1, 0.15) is 12.4 Å². The molecule has 122 valence electrons. The lowest BCUT2D eigenvalue weighted by molar-refractivity contribution is -0.110. The van der Waals surface area contributed by atoms with Crippen LogP contribution in [-0.2, 0) is 16.1 Å². The van der Waals surface area contributed by atoms with Crippen LogP contribution in [0.4, 0.5) is 11.4 Å². The number of carbonyl (C=O) groups is 1. The Hall–Kier alpha value is -2.46. The molecule has 5 heteroatoms. The number of carbonyl (C=O) groups excluding carboxylic acids is 1. The Bertz CT molecular complexity index is 860. The van der Waals surface area contributed by atoms with Gasteiger partial charge in [0.05, 0.1) is 5.57 Å². The highest BCUT2D eigenvalue weighted by atomic mass is 35.5. The van der Waals surface area contributed by atoms with Gasteiger partial charge in [-0.15, -0.1) is 11.6 Å². The first-order chi connectivity index (χ1) is 11.7. The molecule has 2 aromatic carbocycles. The van der Waals surface area contributed by atoms with Gasteiger partial charge in [-0.2, -0.15) is 0 Å². The van der Waals surface area contributed by atoms with Gasteiger partial charge >= 0.3 is 0 Å². The number of halogens is 1. The molecule has 2 aliphatic rings. The molecule has 4 rings (SSSR count). The molecule has 0 aliphatic carbocycles. The smallest absolute Gasteiger partial charge is 0.260 e. The normalized spacial score (nSPS) is 18.0. The summed E-state index contributed by atoms with van der Waals surface area (Å²) in [4.78, 5) is 14.5. The fourth-order valence-electron chi connectivity index (χ4n) is 3.19. The van der Waals surface area contributed by atoms with Gasteiger partial charge in [0.25, 0.3) is 5.91 Å². The molecule has 0 spiro atoms. The quantitative estimate of drug-likeness (QED) is 0.684. The molecule has 24 heavy (non-hydrogen) atoms. The molecule has 2 aromatic rings. The fourth-order valence-corrected chi connectivity index (χ4v) is 3.45. The summed E-state index contributed by atoms with van der Waals surface area (Å²) in [6.45, 7) is 1.26. The van der Waals surface area contributed by atoms with Gasteiger partial charge in [-0.05, 0) is 24.3 Å². The van der Waals surface area contributed by atoms with Crippen LogP contribution >= 0.6 is 11.6 Å². The molecule has 2 aliphatic heterocycles. The lowest BCUT2D eigenvalue weighted by Crippen LogP contribution is -2.19. The number of nitrogens with one attached hydrogen (secondary N) is 1. The molecule has 2 heterocycles. The number of benzene rings is 2. The van der Waals surface area contributed by atoms with Crippen LogP contribution < -0.4 is 10.2 Å². The van der Waals surface area contributed by atoms with Gasteiger partial charge in [-0.3, -0.25) is 4.79 Å². The van der Waals surface area contributed by atoms with E-state index in [0.717, 1.165) is 34.6 Å². The third kappa shape index (κ3) is 2.34. The molecular formula is C19H17ClN2O2. The van der Waals surface area contributed by atoms with Crippen LogP contribution in [0.2, 0.25) is 0 Å². The summed E-state index contributed by atoms with van der Waals surface area (Å²) in [5.74, 6) is 1.14. The van der Waals surface area contributed by atoms with Crippen molar-refractivity contribution in [1.29, 1.82) is 0 Å². The van der Waals surface area contributed by atoms with Gasteiger partial charge in [0, 0.05) is 47.5 Å². The average molecular weight is 341 g/mol. The summed E-state index contributed by atoms with van der Waals surface area (Å²) in [6.07, 6.45) is 0. The van der Waals surface area contributed by atoms with Gasteiger partial charge in [0.15, 0.2) is 0 Å². The zero-order valence-corrected chi connectivity index (χ0v) is 14.1. The van der Waals surface area contributed by atoms with Crippen LogP contribution in [-0.4, -0.2) is 25.4 Å². The minimum absolute atomic E-state index is 0.109. The lowest BCUT2D eigenvalue weighted by atomic mass is 10.00. The average Bonchev–Trinajstić information content (AvgIpc) is 3.14. The van der Waals surface area contributed by atoms with Gasteiger partial charge in [-0.1, -0.05) is 18.2 Å². The van der Waals surface area contributed by atoms with Crippen molar-refractivity contribution in [3.8, 4) is 0 Å². The zero-order chi connectivity index (χ0) is 16.7. The highest BCUT2D eigenvalue weighted by molar-refractivity contribution is 6.36. The van der Waals surface area contributed by atoms with E-state index in [2.05, 4.69) is 16.3 Å². The Morgan fingerprint density at radius 2 is 2.04 bits per heavy atom. The monoisotopic (exact) mass is 340 g/mol. The topological polar surface area (TPSA) is 41.6 Å². The van der Waals surface area contributed by atoms with E-state index in [1.54, 1.807) is 0 Å². The minimum atomic E-state index is -0.109. The van der Waals surface area contributed by atoms with E-state index in [1.807, 2.05) is 43.4 Å². The highest BCUT2D eigenvalue weighted by Crippen LogP contribution is 2.42. The number of rotatable bonds is 3. The van der Waals surface area contributed by atoms with E-state index in [0.29, 0.717) is 23.8 Å². The standard InChI is InChI=1S/C19H17ClN2O2/c1-22(9-8-20)13-6-7-14-12(10-13)11-24-18(14)17-15-4-2-3-5-16(15)21-19(17)23/h2-7,10H,8-9,11H2,1H3,(H,21,23)/b18-17+. The molecule has 1 N–H and O–H groups in total. The predicted octanol–water partition coefficient (Wildman–Crippen LogP) is 3.71. The van der Waals surface area contributed by atoms with Crippen molar-refractivity contribution in [2.45, 2.75) is 6.61 Å².